The van der Waals surface area contributed by atoms with Gasteiger partial charge in [0.1, 0.15) is 9.71 Å². The van der Waals surface area contributed by atoms with Gasteiger partial charge in [-0.3, -0.25) is 4.79 Å². The average Bonchev–Trinajstić information content (AvgIpc) is 2.81. The molecule has 106 valence electrons. The summed E-state index contributed by atoms with van der Waals surface area (Å²) in [4.78, 5) is 13.4. The van der Waals surface area contributed by atoms with Crippen LogP contribution < -0.4 is 11.1 Å². The number of nitrogens with two attached hydrogens (primary N) is 1. The zero-order valence-electron chi connectivity index (χ0n) is 10.4. The van der Waals surface area contributed by atoms with Gasteiger partial charge in [0, 0.05) is 9.86 Å². The van der Waals surface area contributed by atoms with E-state index in [4.69, 9.17) is 17.3 Å². The maximum atomic E-state index is 12.4. The van der Waals surface area contributed by atoms with E-state index in [2.05, 4.69) is 31.4 Å². The van der Waals surface area contributed by atoms with Gasteiger partial charge in [0.2, 0.25) is 0 Å². The van der Waals surface area contributed by atoms with Crippen LogP contribution in [0.5, 0.6) is 0 Å². The van der Waals surface area contributed by atoms with E-state index in [0.29, 0.717) is 26.1 Å². The lowest BCUT2D eigenvalue weighted by atomic mass is 10.2. The summed E-state index contributed by atoms with van der Waals surface area (Å²) in [5.41, 5.74) is 6.91. The van der Waals surface area contributed by atoms with Gasteiger partial charge in [0.05, 0.1) is 22.6 Å². The van der Waals surface area contributed by atoms with Crippen molar-refractivity contribution < 1.29 is 4.79 Å². The van der Waals surface area contributed by atoms with Crippen LogP contribution >= 0.6 is 38.9 Å². The summed E-state index contributed by atoms with van der Waals surface area (Å²) < 4.78 is 0.817. The van der Waals surface area contributed by atoms with E-state index in [0.717, 1.165) is 9.86 Å². The molecule has 0 aliphatic carbocycles. The van der Waals surface area contributed by atoms with Gasteiger partial charge in [0.15, 0.2) is 0 Å². The maximum Gasteiger partial charge on any atom is 0.267 e. The van der Waals surface area contributed by atoms with Gasteiger partial charge in [-0.05, 0) is 24.3 Å². The second kappa shape index (κ2) is 5.59. The Bertz CT molecular complexity index is 851. The number of nitrogens with one attached hydrogen (secondary N) is 1. The van der Waals surface area contributed by atoms with Crippen LogP contribution in [-0.4, -0.2) is 16.1 Å². The molecule has 0 atom stereocenters. The van der Waals surface area contributed by atoms with Gasteiger partial charge in [-0.15, -0.1) is 16.4 Å². The minimum Gasteiger partial charge on any atom is -0.397 e. The first-order valence-corrected chi connectivity index (χ1v) is 7.81. The molecule has 0 aliphatic heterocycles. The maximum absolute atomic E-state index is 12.4. The summed E-state index contributed by atoms with van der Waals surface area (Å²) in [5, 5.41) is 11.7. The molecule has 8 heteroatoms. The highest BCUT2D eigenvalue weighted by Crippen LogP contribution is 2.33. The molecule has 0 unspecified atom stereocenters. The van der Waals surface area contributed by atoms with Crippen LogP contribution in [-0.2, 0) is 0 Å². The number of anilines is 2. The monoisotopic (exact) mass is 382 g/mol. The van der Waals surface area contributed by atoms with Crippen LogP contribution in [0.3, 0.4) is 0 Å². The first-order chi connectivity index (χ1) is 10.1. The predicted octanol–water partition coefficient (Wildman–Crippen LogP) is 3.94. The third kappa shape index (κ3) is 2.72. The number of amides is 1. The lowest BCUT2D eigenvalue weighted by Gasteiger charge is -2.07. The Balaban J connectivity index is 1.97. The number of benzene rings is 1. The molecule has 3 rings (SSSR count). The number of hydrogen-bond donors (Lipinski definition) is 2. The van der Waals surface area contributed by atoms with Crippen molar-refractivity contribution in [3.63, 3.8) is 0 Å². The Hall–Kier alpha value is -1.70. The number of carbonyl (C=O) groups excluding carboxylic acids is 1. The number of halogens is 2. The van der Waals surface area contributed by atoms with Crippen molar-refractivity contribution in [1.29, 1.82) is 0 Å². The molecular formula is C13H8BrClN4OS. The third-order valence-electron chi connectivity index (χ3n) is 2.80. The Morgan fingerprint density at radius 1 is 1.38 bits per heavy atom. The molecule has 3 N–H and O–H groups in total. The summed E-state index contributed by atoms with van der Waals surface area (Å²) in [6, 6.07) is 6.95. The van der Waals surface area contributed by atoms with Crippen molar-refractivity contribution >= 4 is 66.4 Å². The van der Waals surface area contributed by atoms with Crippen LogP contribution in [0.2, 0.25) is 5.02 Å². The average molecular weight is 384 g/mol. The molecule has 2 aromatic heterocycles. The Morgan fingerprint density at radius 3 is 2.95 bits per heavy atom. The molecule has 2 heterocycles. The summed E-state index contributed by atoms with van der Waals surface area (Å²) in [6.07, 6.45) is 1.54. The van der Waals surface area contributed by atoms with Crippen molar-refractivity contribution in [2.75, 3.05) is 11.1 Å². The molecule has 3 aromatic rings. The van der Waals surface area contributed by atoms with Gasteiger partial charge in [-0.1, -0.05) is 27.5 Å². The highest BCUT2D eigenvalue weighted by atomic mass is 79.9. The molecule has 0 fully saturated rings. The van der Waals surface area contributed by atoms with E-state index >= 15 is 0 Å². The molecule has 21 heavy (non-hydrogen) atoms. The fourth-order valence-corrected chi connectivity index (χ4v) is 3.27. The van der Waals surface area contributed by atoms with Crippen LogP contribution in [0.25, 0.3) is 10.2 Å². The lowest BCUT2D eigenvalue weighted by Crippen LogP contribution is -2.12. The molecule has 0 saturated carbocycles. The number of aromatic nitrogens is 2. The topological polar surface area (TPSA) is 80.9 Å². The molecule has 5 nitrogen and oxygen atoms in total. The zero-order valence-corrected chi connectivity index (χ0v) is 13.6. The zero-order chi connectivity index (χ0) is 15.0. The van der Waals surface area contributed by atoms with Crippen LogP contribution in [0.4, 0.5) is 11.4 Å². The van der Waals surface area contributed by atoms with Crippen LogP contribution in [0.1, 0.15) is 9.67 Å². The summed E-state index contributed by atoms with van der Waals surface area (Å²) in [5.74, 6) is -0.324. The fraction of sp³-hybridized carbons (Fsp3) is 0. The third-order valence-corrected chi connectivity index (χ3v) is 4.73. The van der Waals surface area contributed by atoms with Crippen LogP contribution in [0, 0.1) is 0 Å². The van der Waals surface area contributed by atoms with E-state index in [9.17, 15) is 4.79 Å². The molecule has 0 aliphatic rings. The number of nitrogen functional groups attached to an aromatic ring is 1. The summed E-state index contributed by atoms with van der Waals surface area (Å²) in [6.45, 7) is 0. The number of carbonyl (C=O) groups is 1. The van der Waals surface area contributed by atoms with E-state index in [1.165, 1.54) is 17.5 Å². The Labute approximate surface area is 137 Å². The van der Waals surface area contributed by atoms with Gasteiger partial charge < -0.3 is 11.1 Å². The van der Waals surface area contributed by atoms with E-state index in [1.54, 1.807) is 24.3 Å². The molecule has 1 aromatic carbocycles. The number of nitrogens with zero attached hydrogens (tertiary/aromatic N) is 2. The number of thiophene rings is 1. The van der Waals surface area contributed by atoms with Gasteiger partial charge >= 0.3 is 0 Å². The summed E-state index contributed by atoms with van der Waals surface area (Å²) in [7, 11) is 0. The minimum atomic E-state index is -0.324. The lowest BCUT2D eigenvalue weighted by molar-refractivity contribution is 0.103. The normalized spacial score (nSPS) is 10.8. The second-order valence-corrected chi connectivity index (χ2v) is 6.50. The van der Waals surface area contributed by atoms with Crippen molar-refractivity contribution in [1.82, 2.24) is 10.2 Å². The Kier molecular flexibility index (Phi) is 3.79. The van der Waals surface area contributed by atoms with E-state index < -0.39 is 0 Å². The Morgan fingerprint density at radius 2 is 2.19 bits per heavy atom. The highest BCUT2D eigenvalue weighted by molar-refractivity contribution is 9.10. The molecular weight excluding hydrogens is 376 g/mol. The first-order valence-electron chi connectivity index (χ1n) is 5.82. The second-order valence-electron chi connectivity index (χ2n) is 4.17. The first kappa shape index (κ1) is 14.2. The fourth-order valence-electron chi connectivity index (χ4n) is 1.81. The molecule has 0 spiro atoms. The van der Waals surface area contributed by atoms with Crippen molar-refractivity contribution in [2.24, 2.45) is 0 Å². The minimum absolute atomic E-state index is 0.324. The quantitative estimate of drug-likeness (QED) is 0.702. The van der Waals surface area contributed by atoms with Gasteiger partial charge in [-0.25, -0.2) is 0 Å². The van der Waals surface area contributed by atoms with Crippen molar-refractivity contribution in [2.45, 2.75) is 0 Å². The largest absolute Gasteiger partial charge is 0.397 e. The standard InChI is InChI=1S/C13H8BrClN4OS/c14-6-1-2-8(15)9(5-6)18-12(20)11-10(16)7-3-4-17-19-13(7)21-11/h1-5H,16H2,(H,18,20). The molecule has 0 bridgehead atoms. The van der Waals surface area contributed by atoms with Gasteiger partial charge in [-0.2, -0.15) is 5.10 Å². The van der Waals surface area contributed by atoms with Crippen molar-refractivity contribution in [3.05, 3.63) is 44.8 Å². The van der Waals surface area contributed by atoms with Gasteiger partial charge in [0.25, 0.3) is 5.91 Å². The summed E-state index contributed by atoms with van der Waals surface area (Å²) >= 11 is 10.6. The highest BCUT2D eigenvalue weighted by Gasteiger charge is 2.18. The molecule has 0 radical (unpaired) electrons. The smallest absolute Gasteiger partial charge is 0.267 e. The number of rotatable bonds is 2. The van der Waals surface area contributed by atoms with Crippen LogP contribution in [0.15, 0.2) is 34.9 Å². The van der Waals surface area contributed by atoms with E-state index in [-0.39, 0.29) is 5.91 Å². The number of fused-ring (bicyclic) bond motifs is 1. The van der Waals surface area contributed by atoms with E-state index in [1.807, 2.05) is 0 Å². The number of hydrogen-bond acceptors (Lipinski definition) is 5. The molecule has 1 amide bonds. The van der Waals surface area contributed by atoms with Crippen molar-refractivity contribution in [3.8, 4) is 0 Å². The predicted molar refractivity (Wildman–Crippen MR) is 88.9 cm³/mol. The SMILES string of the molecule is Nc1c(C(=O)Nc2cc(Br)ccc2Cl)sc2nnccc12. The molecule has 0 saturated heterocycles.